The highest BCUT2D eigenvalue weighted by atomic mass is 32.2. The van der Waals surface area contributed by atoms with Crippen LogP contribution in [0.25, 0.3) is 0 Å². The Morgan fingerprint density at radius 3 is 2.35 bits per heavy atom. The zero-order valence-corrected chi connectivity index (χ0v) is 17.5. The van der Waals surface area contributed by atoms with Crippen LogP contribution in [0.1, 0.15) is 5.56 Å². The molecule has 164 valence electrons. The number of carbonyl (C=O) groups is 1. The average molecular weight is 445 g/mol. The molecular formula is C21H23N3O6S. The van der Waals surface area contributed by atoms with Crippen LogP contribution >= 0.6 is 0 Å². The van der Waals surface area contributed by atoms with E-state index in [2.05, 4.69) is 4.90 Å². The Balaban J connectivity index is 1.27. The Labute approximate surface area is 180 Å². The molecule has 1 fully saturated rings. The summed E-state index contributed by atoms with van der Waals surface area (Å²) >= 11 is 0. The summed E-state index contributed by atoms with van der Waals surface area (Å²) < 4.78 is 43.8. The van der Waals surface area contributed by atoms with Crippen molar-refractivity contribution in [2.24, 2.45) is 0 Å². The van der Waals surface area contributed by atoms with Gasteiger partial charge in [-0.15, -0.1) is 0 Å². The van der Waals surface area contributed by atoms with Crippen LogP contribution in [0.15, 0.2) is 66.6 Å². The molecular weight excluding hydrogens is 422 g/mol. The number of nitrogens with zero attached hydrogens (tertiary/aromatic N) is 2. The summed E-state index contributed by atoms with van der Waals surface area (Å²) in [6.07, 6.45) is 1.45. The number of hydrogen-bond acceptors (Lipinski definition) is 6. The van der Waals surface area contributed by atoms with Gasteiger partial charge in [0.25, 0.3) is 5.91 Å². The van der Waals surface area contributed by atoms with E-state index in [9.17, 15) is 13.2 Å². The fourth-order valence-electron chi connectivity index (χ4n) is 3.54. The Morgan fingerprint density at radius 2 is 1.71 bits per heavy atom. The van der Waals surface area contributed by atoms with Crippen LogP contribution in [-0.2, 0) is 31.0 Å². The van der Waals surface area contributed by atoms with Crippen LogP contribution in [0.2, 0.25) is 0 Å². The molecule has 1 unspecified atom stereocenters. The van der Waals surface area contributed by atoms with Gasteiger partial charge in [0.15, 0.2) is 0 Å². The predicted octanol–water partition coefficient (Wildman–Crippen LogP) is 2.01. The van der Waals surface area contributed by atoms with Crippen molar-refractivity contribution in [3.8, 4) is 0 Å². The highest BCUT2D eigenvalue weighted by Gasteiger charge is 2.30. The number of piperazine rings is 1. The lowest BCUT2D eigenvalue weighted by molar-refractivity contribution is -0.133. The van der Waals surface area contributed by atoms with Crippen molar-refractivity contribution in [3.05, 3.63) is 72.2 Å². The van der Waals surface area contributed by atoms with E-state index in [0.29, 0.717) is 32.6 Å². The van der Waals surface area contributed by atoms with Gasteiger partial charge in [-0.2, -0.15) is 8.42 Å². The first-order valence-electron chi connectivity index (χ1n) is 9.83. The summed E-state index contributed by atoms with van der Waals surface area (Å²) in [6, 6.07) is 16.5. The molecule has 0 spiro atoms. The average Bonchev–Trinajstić information content (AvgIpc) is 3.22. The summed E-state index contributed by atoms with van der Waals surface area (Å²) in [5.74, 6) is 0.0259. The van der Waals surface area contributed by atoms with Gasteiger partial charge < -0.3 is 19.3 Å². The summed E-state index contributed by atoms with van der Waals surface area (Å²) in [7, 11) is -4.30. The second-order valence-corrected chi connectivity index (χ2v) is 8.41. The minimum absolute atomic E-state index is 0.192. The normalized spacial score (nSPS) is 18.7. The molecule has 4 rings (SSSR count). The number of carbonyl (C=O) groups excluding carboxylic acids is 1. The van der Waals surface area contributed by atoms with E-state index in [1.54, 1.807) is 29.2 Å². The molecule has 0 aromatic heterocycles. The van der Waals surface area contributed by atoms with Crippen LogP contribution in [0.5, 0.6) is 0 Å². The number of rotatable bonds is 6. The maximum absolute atomic E-state index is 12.8. The smallest absolute Gasteiger partial charge is 0.357 e. The van der Waals surface area contributed by atoms with E-state index in [1.807, 2.05) is 35.1 Å². The fraction of sp³-hybridized carbons (Fsp3) is 0.286. The van der Waals surface area contributed by atoms with Gasteiger partial charge in [-0.25, -0.2) is 0 Å². The maximum atomic E-state index is 12.8. The topological polar surface area (TPSA) is 108 Å². The first-order valence-corrected chi connectivity index (χ1v) is 11.3. The SMILES string of the molecule is O=C(C1=COC(Cc2ccccc2)O1)N1CCN(c2ccc(NS(=O)(=O)O)cc2)CC1. The van der Waals surface area contributed by atoms with E-state index in [0.717, 1.165) is 11.3 Å². The third-order valence-corrected chi connectivity index (χ3v) is 5.58. The maximum Gasteiger partial charge on any atom is 0.357 e. The fourth-order valence-corrected chi connectivity index (χ4v) is 3.98. The van der Waals surface area contributed by atoms with Crippen LogP contribution in [0.4, 0.5) is 11.4 Å². The molecule has 9 nitrogen and oxygen atoms in total. The minimum Gasteiger partial charge on any atom is -0.458 e. The second kappa shape index (κ2) is 8.86. The number of hydrogen-bond donors (Lipinski definition) is 2. The molecule has 1 atom stereocenters. The Kier molecular flexibility index (Phi) is 6.01. The number of ether oxygens (including phenoxy) is 2. The largest absolute Gasteiger partial charge is 0.458 e. The lowest BCUT2D eigenvalue weighted by Crippen LogP contribution is -2.49. The van der Waals surface area contributed by atoms with Crippen molar-refractivity contribution in [2.75, 3.05) is 35.8 Å². The Hall–Kier alpha value is -3.24. The molecule has 2 aliphatic rings. The van der Waals surface area contributed by atoms with Crippen LogP contribution in [-0.4, -0.2) is 56.2 Å². The molecule has 1 saturated heterocycles. The summed E-state index contributed by atoms with van der Waals surface area (Å²) in [5.41, 5.74) is 2.24. The van der Waals surface area contributed by atoms with E-state index < -0.39 is 16.6 Å². The molecule has 2 aromatic rings. The van der Waals surface area contributed by atoms with Gasteiger partial charge in [0.1, 0.15) is 6.26 Å². The first-order chi connectivity index (χ1) is 14.9. The Bertz CT molecular complexity index is 1050. The van der Waals surface area contributed by atoms with E-state index in [1.165, 1.54) is 6.26 Å². The molecule has 2 aromatic carbocycles. The quantitative estimate of drug-likeness (QED) is 0.655. The minimum atomic E-state index is -4.30. The highest BCUT2D eigenvalue weighted by molar-refractivity contribution is 7.87. The molecule has 2 N–H and O–H groups in total. The van der Waals surface area contributed by atoms with Crippen molar-refractivity contribution >= 4 is 27.6 Å². The zero-order chi connectivity index (χ0) is 21.8. The molecule has 0 saturated carbocycles. The van der Waals surface area contributed by atoms with Gasteiger partial charge in [0.05, 0.1) is 5.69 Å². The molecule has 31 heavy (non-hydrogen) atoms. The molecule has 10 heteroatoms. The molecule has 1 amide bonds. The number of benzene rings is 2. The molecule has 0 aliphatic carbocycles. The lowest BCUT2D eigenvalue weighted by atomic mass is 10.1. The molecule has 2 aliphatic heterocycles. The lowest BCUT2D eigenvalue weighted by Gasteiger charge is -2.36. The van der Waals surface area contributed by atoms with Crippen LogP contribution < -0.4 is 9.62 Å². The molecule has 0 bridgehead atoms. The summed E-state index contributed by atoms with van der Waals surface area (Å²) in [6.45, 7) is 2.29. The van der Waals surface area contributed by atoms with E-state index in [-0.39, 0.29) is 17.4 Å². The van der Waals surface area contributed by atoms with Gasteiger partial charge >= 0.3 is 10.3 Å². The van der Waals surface area contributed by atoms with Gasteiger partial charge in [-0.3, -0.25) is 14.1 Å². The Morgan fingerprint density at radius 1 is 1.03 bits per heavy atom. The van der Waals surface area contributed by atoms with E-state index >= 15 is 0 Å². The molecule has 0 radical (unpaired) electrons. The van der Waals surface area contributed by atoms with Gasteiger partial charge in [-0.1, -0.05) is 30.3 Å². The summed E-state index contributed by atoms with van der Waals surface area (Å²) in [4.78, 5) is 16.6. The summed E-state index contributed by atoms with van der Waals surface area (Å²) in [5, 5.41) is 0. The zero-order valence-electron chi connectivity index (χ0n) is 16.7. The second-order valence-electron chi connectivity index (χ2n) is 7.26. The number of amides is 1. The van der Waals surface area contributed by atoms with Gasteiger partial charge in [0.2, 0.25) is 12.0 Å². The number of nitrogens with one attached hydrogen (secondary N) is 1. The van der Waals surface area contributed by atoms with Crippen LogP contribution in [0, 0.1) is 0 Å². The van der Waals surface area contributed by atoms with Crippen molar-refractivity contribution in [3.63, 3.8) is 0 Å². The van der Waals surface area contributed by atoms with Gasteiger partial charge in [0, 0.05) is 38.3 Å². The van der Waals surface area contributed by atoms with Crippen molar-refractivity contribution in [2.45, 2.75) is 12.7 Å². The monoisotopic (exact) mass is 445 g/mol. The standard InChI is InChI=1S/C21H23N3O6S/c25-21(19-15-29-20(30-19)14-16-4-2-1-3-5-16)24-12-10-23(11-13-24)18-8-6-17(7-9-18)22-31(26,27)28/h1-9,15,20,22H,10-14H2,(H,26,27,28). The third-order valence-electron chi connectivity index (χ3n) is 5.09. The van der Waals surface area contributed by atoms with Crippen molar-refractivity contribution in [1.82, 2.24) is 4.90 Å². The van der Waals surface area contributed by atoms with Crippen LogP contribution in [0.3, 0.4) is 0 Å². The van der Waals surface area contributed by atoms with E-state index in [4.69, 9.17) is 14.0 Å². The van der Waals surface area contributed by atoms with Crippen molar-refractivity contribution < 1.29 is 27.2 Å². The first kappa shape index (κ1) is 21.0. The highest BCUT2D eigenvalue weighted by Crippen LogP contribution is 2.23. The van der Waals surface area contributed by atoms with Gasteiger partial charge in [-0.05, 0) is 29.8 Å². The predicted molar refractivity (Wildman–Crippen MR) is 115 cm³/mol. The number of anilines is 2. The third kappa shape index (κ3) is 5.47. The molecule has 2 heterocycles. The van der Waals surface area contributed by atoms with Crippen molar-refractivity contribution in [1.29, 1.82) is 0 Å².